The third-order valence-electron chi connectivity index (χ3n) is 3.38. The summed E-state index contributed by atoms with van der Waals surface area (Å²) in [7, 11) is 0. The Morgan fingerprint density at radius 3 is 2.83 bits per heavy atom. The molecule has 2 N–H and O–H groups in total. The number of aryl methyl sites for hydroxylation is 1. The SMILES string of the molecule is C=CCCCCCn1ccc2ccc(CN)cc21. The number of allylic oxidation sites excluding steroid dienone is 1. The third kappa shape index (κ3) is 3.02. The second kappa shape index (κ2) is 6.41. The molecule has 0 unspecified atom stereocenters. The van der Waals surface area contributed by atoms with E-state index in [4.69, 9.17) is 5.73 Å². The highest BCUT2D eigenvalue weighted by molar-refractivity contribution is 5.80. The number of rotatable bonds is 7. The Balaban J connectivity index is 2.01. The van der Waals surface area contributed by atoms with Gasteiger partial charge < -0.3 is 10.3 Å². The third-order valence-corrected chi connectivity index (χ3v) is 3.38. The van der Waals surface area contributed by atoms with Gasteiger partial charge in [0.25, 0.3) is 0 Å². The van der Waals surface area contributed by atoms with Crippen LogP contribution in [0, 0.1) is 0 Å². The molecule has 0 spiro atoms. The van der Waals surface area contributed by atoms with Crippen molar-refractivity contribution >= 4 is 10.9 Å². The van der Waals surface area contributed by atoms with Crippen LogP contribution in [-0.2, 0) is 13.1 Å². The standard InChI is InChI=1S/C16H22N2/c1-2-3-4-5-6-10-18-11-9-15-8-7-14(13-17)12-16(15)18/h2,7-9,11-12H,1,3-6,10,13,17H2. The highest BCUT2D eigenvalue weighted by Crippen LogP contribution is 2.18. The molecule has 96 valence electrons. The Bertz CT molecular complexity index is 511. The average Bonchev–Trinajstić information content (AvgIpc) is 2.81. The van der Waals surface area contributed by atoms with Crippen LogP contribution in [0.4, 0.5) is 0 Å². The first-order valence-corrected chi connectivity index (χ1v) is 6.74. The molecule has 2 aromatic rings. The quantitative estimate of drug-likeness (QED) is 0.580. The molecule has 0 radical (unpaired) electrons. The van der Waals surface area contributed by atoms with Crippen molar-refractivity contribution in [3.8, 4) is 0 Å². The number of fused-ring (bicyclic) bond motifs is 1. The molecular weight excluding hydrogens is 220 g/mol. The first kappa shape index (κ1) is 12.9. The number of unbranched alkanes of at least 4 members (excludes halogenated alkanes) is 3. The number of hydrogen-bond acceptors (Lipinski definition) is 1. The smallest absolute Gasteiger partial charge is 0.0483 e. The fourth-order valence-corrected chi connectivity index (χ4v) is 2.30. The Labute approximate surface area is 109 Å². The second-order valence-electron chi connectivity index (χ2n) is 4.74. The Kier molecular flexibility index (Phi) is 4.59. The number of nitrogens with zero attached hydrogens (tertiary/aromatic N) is 1. The summed E-state index contributed by atoms with van der Waals surface area (Å²) in [6, 6.07) is 8.65. The lowest BCUT2D eigenvalue weighted by Gasteiger charge is -2.06. The summed E-state index contributed by atoms with van der Waals surface area (Å²) in [6.07, 6.45) is 9.05. The average molecular weight is 242 g/mol. The number of nitrogens with two attached hydrogens (primary N) is 1. The van der Waals surface area contributed by atoms with Gasteiger partial charge in [0.1, 0.15) is 0 Å². The lowest BCUT2D eigenvalue weighted by Crippen LogP contribution is -1.99. The van der Waals surface area contributed by atoms with E-state index in [9.17, 15) is 0 Å². The van der Waals surface area contributed by atoms with Crippen LogP contribution in [0.1, 0.15) is 31.2 Å². The van der Waals surface area contributed by atoms with Gasteiger partial charge in [0, 0.05) is 24.8 Å². The zero-order valence-corrected chi connectivity index (χ0v) is 10.9. The molecule has 2 heteroatoms. The van der Waals surface area contributed by atoms with Crippen molar-refractivity contribution in [1.82, 2.24) is 4.57 Å². The molecule has 0 fully saturated rings. The predicted octanol–water partition coefficient (Wildman–Crippen LogP) is 3.85. The molecule has 0 saturated heterocycles. The summed E-state index contributed by atoms with van der Waals surface area (Å²) < 4.78 is 2.34. The van der Waals surface area contributed by atoms with Gasteiger partial charge in [-0.3, -0.25) is 0 Å². The summed E-state index contributed by atoms with van der Waals surface area (Å²) in [4.78, 5) is 0. The fraction of sp³-hybridized carbons (Fsp3) is 0.375. The van der Waals surface area contributed by atoms with Crippen molar-refractivity contribution in [3.05, 3.63) is 48.7 Å². The van der Waals surface area contributed by atoms with Crippen LogP contribution in [0.25, 0.3) is 10.9 Å². The van der Waals surface area contributed by atoms with Gasteiger partial charge in [-0.25, -0.2) is 0 Å². The van der Waals surface area contributed by atoms with E-state index in [1.807, 2.05) is 6.08 Å². The molecule has 0 aliphatic rings. The van der Waals surface area contributed by atoms with Gasteiger partial charge in [-0.2, -0.15) is 0 Å². The highest BCUT2D eigenvalue weighted by Gasteiger charge is 2.01. The monoisotopic (exact) mass is 242 g/mol. The maximum atomic E-state index is 5.70. The largest absolute Gasteiger partial charge is 0.347 e. The Morgan fingerprint density at radius 2 is 2.06 bits per heavy atom. The molecule has 2 rings (SSSR count). The molecule has 0 aliphatic carbocycles. The van der Waals surface area contributed by atoms with Gasteiger partial charge in [-0.1, -0.05) is 24.6 Å². The van der Waals surface area contributed by atoms with Crippen LogP contribution in [0.5, 0.6) is 0 Å². The van der Waals surface area contributed by atoms with E-state index in [-0.39, 0.29) is 0 Å². The van der Waals surface area contributed by atoms with Gasteiger partial charge in [-0.05, 0) is 42.3 Å². The van der Waals surface area contributed by atoms with Crippen molar-refractivity contribution in [3.63, 3.8) is 0 Å². The van der Waals surface area contributed by atoms with E-state index in [0.717, 1.165) is 13.0 Å². The van der Waals surface area contributed by atoms with E-state index < -0.39 is 0 Å². The molecule has 0 amide bonds. The number of hydrogen-bond donors (Lipinski definition) is 1. The molecule has 18 heavy (non-hydrogen) atoms. The molecule has 0 atom stereocenters. The summed E-state index contributed by atoms with van der Waals surface area (Å²) in [5.74, 6) is 0. The van der Waals surface area contributed by atoms with Crippen LogP contribution in [0.15, 0.2) is 43.1 Å². The minimum atomic E-state index is 0.612. The maximum absolute atomic E-state index is 5.70. The predicted molar refractivity (Wildman–Crippen MR) is 78.5 cm³/mol. The molecule has 2 nitrogen and oxygen atoms in total. The van der Waals surface area contributed by atoms with Crippen molar-refractivity contribution in [2.45, 2.75) is 38.8 Å². The van der Waals surface area contributed by atoms with Gasteiger partial charge in [-0.15, -0.1) is 6.58 Å². The zero-order chi connectivity index (χ0) is 12.8. The Hall–Kier alpha value is -1.54. The first-order chi connectivity index (χ1) is 8.85. The first-order valence-electron chi connectivity index (χ1n) is 6.74. The maximum Gasteiger partial charge on any atom is 0.0483 e. The zero-order valence-electron chi connectivity index (χ0n) is 10.9. The number of benzene rings is 1. The lowest BCUT2D eigenvalue weighted by molar-refractivity contribution is 0.603. The van der Waals surface area contributed by atoms with E-state index in [1.165, 1.54) is 35.7 Å². The van der Waals surface area contributed by atoms with E-state index in [1.54, 1.807) is 0 Å². The van der Waals surface area contributed by atoms with E-state index in [2.05, 4.69) is 41.6 Å². The molecular formula is C16H22N2. The van der Waals surface area contributed by atoms with Crippen LogP contribution in [0.3, 0.4) is 0 Å². The molecule has 0 saturated carbocycles. The van der Waals surface area contributed by atoms with Gasteiger partial charge >= 0.3 is 0 Å². The van der Waals surface area contributed by atoms with Crippen molar-refractivity contribution in [2.24, 2.45) is 5.73 Å². The molecule has 1 aromatic heterocycles. The normalized spacial score (nSPS) is 10.9. The van der Waals surface area contributed by atoms with Crippen molar-refractivity contribution < 1.29 is 0 Å². The molecule has 1 aromatic carbocycles. The van der Waals surface area contributed by atoms with Crippen LogP contribution in [0.2, 0.25) is 0 Å². The van der Waals surface area contributed by atoms with E-state index in [0.29, 0.717) is 6.54 Å². The summed E-state index contributed by atoms with van der Waals surface area (Å²) in [5, 5.41) is 1.30. The minimum Gasteiger partial charge on any atom is -0.347 e. The topological polar surface area (TPSA) is 30.9 Å². The molecule has 0 aliphatic heterocycles. The Morgan fingerprint density at radius 1 is 1.17 bits per heavy atom. The fourth-order valence-electron chi connectivity index (χ4n) is 2.30. The van der Waals surface area contributed by atoms with Gasteiger partial charge in [0.05, 0.1) is 0 Å². The highest BCUT2D eigenvalue weighted by atomic mass is 14.9. The summed E-state index contributed by atoms with van der Waals surface area (Å²) >= 11 is 0. The van der Waals surface area contributed by atoms with Crippen molar-refractivity contribution in [2.75, 3.05) is 0 Å². The molecule has 1 heterocycles. The van der Waals surface area contributed by atoms with Crippen molar-refractivity contribution in [1.29, 1.82) is 0 Å². The summed E-state index contributed by atoms with van der Waals surface area (Å²) in [5.41, 5.74) is 8.21. The van der Waals surface area contributed by atoms with Crippen LogP contribution in [-0.4, -0.2) is 4.57 Å². The minimum absolute atomic E-state index is 0.612. The second-order valence-corrected chi connectivity index (χ2v) is 4.74. The van der Waals surface area contributed by atoms with Gasteiger partial charge in [0.2, 0.25) is 0 Å². The molecule has 0 bridgehead atoms. The lowest BCUT2D eigenvalue weighted by atomic mass is 10.1. The number of aromatic nitrogens is 1. The van der Waals surface area contributed by atoms with Crippen LogP contribution < -0.4 is 5.73 Å². The summed E-state index contributed by atoms with van der Waals surface area (Å²) in [6.45, 7) is 5.45. The van der Waals surface area contributed by atoms with E-state index >= 15 is 0 Å². The van der Waals surface area contributed by atoms with Crippen LogP contribution >= 0.6 is 0 Å². The van der Waals surface area contributed by atoms with Gasteiger partial charge in [0.15, 0.2) is 0 Å².